The third-order valence-corrected chi connectivity index (χ3v) is 5.15. The van der Waals surface area contributed by atoms with E-state index in [1.165, 1.54) is 4.90 Å². The molecule has 0 aromatic rings. The highest BCUT2D eigenvalue weighted by Gasteiger charge is 2.49. The minimum Gasteiger partial charge on any atom is -0.376 e. The molecular formula is C14H24N4O8S. The van der Waals surface area contributed by atoms with E-state index in [1.807, 2.05) is 0 Å². The molecule has 3 saturated heterocycles. The van der Waals surface area contributed by atoms with E-state index < -0.39 is 34.4 Å². The van der Waals surface area contributed by atoms with E-state index in [4.69, 9.17) is 14.1 Å². The second kappa shape index (κ2) is 8.67. The second-order valence-electron chi connectivity index (χ2n) is 6.64. The van der Waals surface area contributed by atoms with Crippen molar-refractivity contribution in [1.29, 1.82) is 0 Å². The summed E-state index contributed by atoms with van der Waals surface area (Å²) in [6, 6.07) is -2.12. The zero-order valence-corrected chi connectivity index (χ0v) is 15.5. The van der Waals surface area contributed by atoms with Crippen LogP contribution in [-0.2, 0) is 29.1 Å². The average molecular weight is 408 g/mol. The molecule has 12 nitrogen and oxygen atoms in total. The predicted molar refractivity (Wildman–Crippen MR) is 89.3 cm³/mol. The molecule has 3 amide bonds. The summed E-state index contributed by atoms with van der Waals surface area (Å²) in [6.07, 6.45) is 2.75. The molecule has 1 unspecified atom stereocenters. The van der Waals surface area contributed by atoms with Crippen molar-refractivity contribution in [3.63, 3.8) is 0 Å². The van der Waals surface area contributed by atoms with Gasteiger partial charge in [-0.05, 0) is 38.8 Å². The number of hydroxylamine groups is 3. The monoisotopic (exact) mass is 408 g/mol. The zero-order valence-electron chi connectivity index (χ0n) is 14.7. The third-order valence-electron chi connectivity index (χ3n) is 4.80. The highest BCUT2D eigenvalue weighted by molar-refractivity contribution is 7.80. The lowest BCUT2D eigenvalue weighted by Gasteiger charge is -2.29. The van der Waals surface area contributed by atoms with Crippen LogP contribution in [0, 0.1) is 0 Å². The minimum atomic E-state index is -4.81. The van der Waals surface area contributed by atoms with Gasteiger partial charge >= 0.3 is 16.4 Å². The van der Waals surface area contributed by atoms with E-state index in [0.29, 0.717) is 24.5 Å². The van der Waals surface area contributed by atoms with Crippen molar-refractivity contribution < 1.29 is 36.4 Å². The van der Waals surface area contributed by atoms with Crippen LogP contribution in [0.25, 0.3) is 0 Å². The number of fused-ring (bicyclic) bond motifs is 2. The first-order chi connectivity index (χ1) is 12.8. The summed E-state index contributed by atoms with van der Waals surface area (Å²) in [5, 5.41) is 3.83. The standard InChI is InChI=1S/C14H24N4O8S/c19-13(16-25-8-7-24-11-3-5-15-6-4-11)12-2-1-10-9-17(12)14(20)18(10)26-27(21,22)23/h10-12,15H,1-9H2,(H,16,19)(H,21,22,23)/t10?,12-/m0/s1. The molecule has 0 saturated carbocycles. The quantitative estimate of drug-likeness (QED) is 0.256. The van der Waals surface area contributed by atoms with Crippen molar-refractivity contribution in [2.45, 2.75) is 43.9 Å². The van der Waals surface area contributed by atoms with Crippen molar-refractivity contribution in [3.8, 4) is 0 Å². The van der Waals surface area contributed by atoms with E-state index in [2.05, 4.69) is 15.1 Å². The number of piperidine rings is 2. The maximum atomic E-state index is 12.3. The minimum absolute atomic E-state index is 0.130. The summed E-state index contributed by atoms with van der Waals surface area (Å²) in [7, 11) is -4.81. The molecule has 3 heterocycles. The van der Waals surface area contributed by atoms with Crippen LogP contribution in [0.4, 0.5) is 4.79 Å². The number of ether oxygens (including phenoxy) is 1. The van der Waals surface area contributed by atoms with Crippen LogP contribution in [-0.4, -0.2) is 85.9 Å². The van der Waals surface area contributed by atoms with Crippen molar-refractivity contribution in [2.75, 3.05) is 32.8 Å². The van der Waals surface area contributed by atoms with Gasteiger partial charge in [0, 0.05) is 6.54 Å². The van der Waals surface area contributed by atoms with E-state index in [1.54, 1.807) is 0 Å². The molecule has 0 aromatic heterocycles. The van der Waals surface area contributed by atoms with Crippen LogP contribution in [0.1, 0.15) is 25.7 Å². The van der Waals surface area contributed by atoms with Crippen molar-refractivity contribution >= 4 is 22.3 Å². The smallest absolute Gasteiger partial charge is 0.376 e. The summed E-state index contributed by atoms with van der Waals surface area (Å²) in [5.74, 6) is -0.502. The summed E-state index contributed by atoms with van der Waals surface area (Å²) in [6.45, 7) is 2.50. The Bertz CT molecular complexity index is 654. The summed E-state index contributed by atoms with van der Waals surface area (Å²) in [4.78, 5) is 30.8. The van der Waals surface area contributed by atoms with Gasteiger partial charge in [0.15, 0.2) is 0 Å². The Hall–Kier alpha value is -1.51. The molecule has 3 aliphatic heterocycles. The number of nitrogens with zero attached hydrogens (tertiary/aromatic N) is 2. The Labute approximate surface area is 156 Å². The number of carbonyl (C=O) groups is 2. The molecule has 3 aliphatic rings. The van der Waals surface area contributed by atoms with Gasteiger partial charge in [-0.15, -0.1) is 4.28 Å². The SMILES string of the molecule is O=C(NOCCOC1CCNCC1)[C@@H]1CCC2CN1C(=O)N2OS(=O)(=O)O. The molecule has 2 atom stereocenters. The number of amides is 3. The molecule has 3 rings (SSSR count). The Morgan fingerprint density at radius 2 is 1.96 bits per heavy atom. The Balaban J connectivity index is 1.41. The van der Waals surface area contributed by atoms with Crippen LogP contribution in [0.15, 0.2) is 0 Å². The van der Waals surface area contributed by atoms with Crippen LogP contribution >= 0.6 is 0 Å². The van der Waals surface area contributed by atoms with Crippen LogP contribution in [0.3, 0.4) is 0 Å². The van der Waals surface area contributed by atoms with Crippen LogP contribution < -0.4 is 10.8 Å². The number of hydrogen-bond donors (Lipinski definition) is 3. The fraction of sp³-hybridized carbons (Fsp3) is 0.857. The first kappa shape index (κ1) is 20.2. The molecular weight excluding hydrogens is 384 g/mol. The lowest BCUT2D eigenvalue weighted by Crippen LogP contribution is -2.49. The van der Waals surface area contributed by atoms with Gasteiger partial charge in [0.05, 0.1) is 25.4 Å². The predicted octanol–water partition coefficient (Wildman–Crippen LogP) is -1.19. The first-order valence-electron chi connectivity index (χ1n) is 8.86. The second-order valence-corrected chi connectivity index (χ2v) is 7.65. The fourth-order valence-corrected chi connectivity index (χ4v) is 3.90. The van der Waals surface area contributed by atoms with Gasteiger partial charge < -0.3 is 15.0 Å². The maximum Gasteiger partial charge on any atom is 0.418 e. The van der Waals surface area contributed by atoms with E-state index in [9.17, 15) is 18.0 Å². The summed E-state index contributed by atoms with van der Waals surface area (Å²) in [5.41, 5.74) is 2.30. The molecule has 0 aromatic carbocycles. The van der Waals surface area contributed by atoms with Gasteiger partial charge in [0.2, 0.25) is 0 Å². The Kier molecular flexibility index (Phi) is 6.49. The lowest BCUT2D eigenvalue weighted by atomic mass is 10.0. The van der Waals surface area contributed by atoms with Crippen LogP contribution in [0.2, 0.25) is 0 Å². The number of hydrogen-bond acceptors (Lipinski definition) is 8. The number of rotatable bonds is 8. The first-order valence-corrected chi connectivity index (χ1v) is 10.2. The molecule has 0 radical (unpaired) electrons. The van der Waals surface area contributed by atoms with Crippen molar-refractivity contribution in [3.05, 3.63) is 0 Å². The summed E-state index contributed by atoms with van der Waals surface area (Å²) >= 11 is 0. The largest absolute Gasteiger partial charge is 0.418 e. The third kappa shape index (κ3) is 5.27. The molecule has 13 heteroatoms. The average Bonchev–Trinajstić information content (AvgIpc) is 2.86. The highest BCUT2D eigenvalue weighted by Crippen LogP contribution is 2.30. The molecule has 27 heavy (non-hydrogen) atoms. The van der Waals surface area contributed by atoms with Gasteiger partial charge in [-0.3, -0.25) is 14.2 Å². The van der Waals surface area contributed by atoms with Crippen molar-refractivity contribution in [2.24, 2.45) is 0 Å². The number of nitrogens with one attached hydrogen (secondary N) is 2. The topological polar surface area (TPSA) is 147 Å². The van der Waals surface area contributed by atoms with Gasteiger partial charge in [-0.1, -0.05) is 0 Å². The van der Waals surface area contributed by atoms with Gasteiger partial charge in [0.1, 0.15) is 6.04 Å². The lowest BCUT2D eigenvalue weighted by molar-refractivity contribution is -0.140. The molecule has 154 valence electrons. The van der Waals surface area contributed by atoms with Gasteiger partial charge in [-0.25, -0.2) is 10.3 Å². The Morgan fingerprint density at radius 3 is 2.67 bits per heavy atom. The molecule has 3 fully saturated rings. The van der Waals surface area contributed by atoms with E-state index >= 15 is 0 Å². The van der Waals surface area contributed by atoms with Crippen molar-refractivity contribution in [1.82, 2.24) is 20.8 Å². The normalized spacial score (nSPS) is 26.5. The number of carbonyl (C=O) groups excluding carboxylic acids is 2. The van der Waals surface area contributed by atoms with E-state index in [0.717, 1.165) is 25.9 Å². The Morgan fingerprint density at radius 1 is 1.22 bits per heavy atom. The highest BCUT2D eigenvalue weighted by atomic mass is 32.3. The maximum absolute atomic E-state index is 12.3. The summed E-state index contributed by atoms with van der Waals surface area (Å²) < 4.78 is 40.5. The van der Waals surface area contributed by atoms with Gasteiger partial charge in [0.25, 0.3) is 5.91 Å². The van der Waals surface area contributed by atoms with Crippen LogP contribution in [0.5, 0.6) is 0 Å². The number of urea groups is 1. The molecule has 0 spiro atoms. The molecule has 0 aliphatic carbocycles. The van der Waals surface area contributed by atoms with Gasteiger partial charge in [-0.2, -0.15) is 13.5 Å². The fourth-order valence-electron chi connectivity index (χ4n) is 3.51. The molecule has 2 bridgehead atoms. The molecule has 3 N–H and O–H groups in total. The van der Waals surface area contributed by atoms with E-state index in [-0.39, 0.29) is 19.3 Å². The zero-order chi connectivity index (χ0) is 19.4.